The Labute approximate surface area is 93.7 Å². The second kappa shape index (κ2) is 9.69. The lowest BCUT2D eigenvalue weighted by molar-refractivity contribution is 0.584. The van der Waals surface area contributed by atoms with E-state index in [0.717, 1.165) is 6.42 Å². The lowest BCUT2D eigenvalue weighted by Gasteiger charge is -2.04. The summed E-state index contributed by atoms with van der Waals surface area (Å²) < 4.78 is 0. The number of hydrogen-bond donors (Lipinski definition) is 2. The van der Waals surface area contributed by atoms with Crippen LogP contribution < -0.4 is 11.5 Å². The van der Waals surface area contributed by atoms with Gasteiger partial charge in [0.1, 0.15) is 0 Å². The van der Waals surface area contributed by atoms with Gasteiger partial charge in [0.2, 0.25) is 0 Å². The van der Waals surface area contributed by atoms with E-state index in [-0.39, 0.29) is 6.04 Å². The molecule has 0 heterocycles. The van der Waals surface area contributed by atoms with Crippen LogP contribution in [0.5, 0.6) is 0 Å². The fourth-order valence-corrected chi connectivity index (χ4v) is 1.12. The number of hydrogen-bond acceptors (Lipinski definition) is 2. The lowest BCUT2D eigenvalue weighted by atomic mass is 10.1. The third-order valence-corrected chi connectivity index (χ3v) is 2.17. The monoisotopic (exact) mass is 208 g/mol. The van der Waals surface area contributed by atoms with Gasteiger partial charge in [-0.2, -0.15) is 0 Å². The van der Waals surface area contributed by atoms with Crippen LogP contribution in [0, 0.1) is 6.92 Å². The van der Waals surface area contributed by atoms with Crippen LogP contribution in [0.1, 0.15) is 31.7 Å². The van der Waals surface area contributed by atoms with Crippen LogP contribution >= 0.6 is 0 Å². The average Bonchev–Trinajstić information content (AvgIpc) is 2.28. The van der Waals surface area contributed by atoms with E-state index in [9.17, 15) is 0 Å². The molecule has 2 heteroatoms. The molecule has 0 spiro atoms. The number of aryl methyl sites for hydroxylation is 1. The minimum absolute atomic E-state index is 0.231. The summed E-state index contributed by atoms with van der Waals surface area (Å²) in [6.45, 7) is 4.86. The molecule has 15 heavy (non-hydrogen) atoms. The predicted molar refractivity (Wildman–Crippen MR) is 67.7 cm³/mol. The van der Waals surface area contributed by atoms with Gasteiger partial charge in [-0.25, -0.2) is 0 Å². The molecule has 86 valence electrons. The quantitative estimate of drug-likeness (QED) is 0.798. The molecule has 1 atom stereocenters. The van der Waals surface area contributed by atoms with Gasteiger partial charge in [-0.05, 0) is 13.3 Å². The Morgan fingerprint density at radius 3 is 2.13 bits per heavy atom. The summed E-state index contributed by atoms with van der Waals surface area (Å²) in [5.74, 6) is 0. The summed E-state index contributed by atoms with van der Waals surface area (Å²) >= 11 is 0. The molecule has 0 fully saturated rings. The van der Waals surface area contributed by atoms with Gasteiger partial charge in [0.15, 0.2) is 0 Å². The molecule has 0 saturated heterocycles. The molecule has 0 aliphatic rings. The highest BCUT2D eigenvalue weighted by Gasteiger charge is 1.95. The van der Waals surface area contributed by atoms with Gasteiger partial charge in [-0.3, -0.25) is 0 Å². The van der Waals surface area contributed by atoms with Crippen molar-refractivity contribution in [3.8, 4) is 0 Å². The van der Waals surface area contributed by atoms with Gasteiger partial charge in [-0.15, -0.1) is 0 Å². The van der Waals surface area contributed by atoms with Gasteiger partial charge in [0, 0.05) is 12.6 Å². The van der Waals surface area contributed by atoms with Crippen molar-refractivity contribution in [2.75, 3.05) is 6.54 Å². The zero-order valence-corrected chi connectivity index (χ0v) is 9.95. The molecule has 0 bridgehead atoms. The van der Waals surface area contributed by atoms with E-state index in [4.69, 9.17) is 11.5 Å². The first-order chi connectivity index (χ1) is 7.20. The van der Waals surface area contributed by atoms with Crippen LogP contribution in [0.4, 0.5) is 0 Å². The molecule has 4 N–H and O–H groups in total. The molecule has 1 rings (SSSR count). The van der Waals surface area contributed by atoms with E-state index in [0.29, 0.717) is 6.54 Å². The van der Waals surface area contributed by atoms with E-state index in [2.05, 4.69) is 26.0 Å². The Balaban J connectivity index is 0.000000262. The van der Waals surface area contributed by atoms with E-state index in [1.165, 1.54) is 18.4 Å². The Kier molecular flexibility index (Phi) is 9.13. The fraction of sp³-hybridized carbons (Fsp3) is 0.538. The van der Waals surface area contributed by atoms with Gasteiger partial charge in [-0.1, -0.05) is 55.7 Å². The SMILES string of the molecule is CCCCC(N)CN.Cc1ccccc1. The Bertz CT molecular complexity index is 221. The third kappa shape index (κ3) is 9.44. The summed E-state index contributed by atoms with van der Waals surface area (Å²) in [6.07, 6.45) is 3.50. The normalized spacial score (nSPS) is 11.5. The van der Waals surface area contributed by atoms with Crippen molar-refractivity contribution < 1.29 is 0 Å². The molecule has 0 radical (unpaired) electrons. The van der Waals surface area contributed by atoms with Crippen molar-refractivity contribution in [2.45, 2.75) is 39.2 Å². The highest BCUT2D eigenvalue weighted by atomic mass is 14.7. The molecular weight excluding hydrogens is 184 g/mol. The standard InChI is InChI=1S/C7H8.C6H16N2/c1-7-5-3-2-4-6-7;1-2-3-4-6(8)5-7/h2-6H,1H3;6H,2-5,7-8H2,1H3. The second-order valence-corrected chi connectivity index (χ2v) is 3.79. The number of benzene rings is 1. The van der Waals surface area contributed by atoms with Crippen molar-refractivity contribution >= 4 is 0 Å². The van der Waals surface area contributed by atoms with Gasteiger partial charge in [0.25, 0.3) is 0 Å². The molecule has 0 aromatic heterocycles. The predicted octanol–water partition coefficient (Wildman–Crippen LogP) is 2.46. The van der Waals surface area contributed by atoms with E-state index in [1.807, 2.05) is 18.2 Å². The smallest absolute Gasteiger partial charge is 0.0163 e. The fourth-order valence-electron chi connectivity index (χ4n) is 1.12. The summed E-state index contributed by atoms with van der Waals surface area (Å²) in [7, 11) is 0. The maximum atomic E-state index is 5.53. The number of nitrogens with two attached hydrogens (primary N) is 2. The molecule has 0 amide bonds. The van der Waals surface area contributed by atoms with Gasteiger partial charge >= 0.3 is 0 Å². The maximum Gasteiger partial charge on any atom is 0.0163 e. The highest BCUT2D eigenvalue weighted by Crippen LogP contribution is 1.95. The van der Waals surface area contributed by atoms with E-state index >= 15 is 0 Å². The zero-order valence-electron chi connectivity index (χ0n) is 9.95. The first-order valence-electron chi connectivity index (χ1n) is 5.68. The van der Waals surface area contributed by atoms with Gasteiger partial charge in [0.05, 0.1) is 0 Å². The Morgan fingerprint density at radius 1 is 1.20 bits per heavy atom. The summed E-state index contributed by atoms with van der Waals surface area (Å²) in [5, 5.41) is 0. The summed E-state index contributed by atoms with van der Waals surface area (Å²) in [5.41, 5.74) is 12.1. The summed E-state index contributed by atoms with van der Waals surface area (Å²) in [6, 6.07) is 10.5. The first kappa shape index (κ1) is 14.1. The van der Waals surface area contributed by atoms with Crippen molar-refractivity contribution in [3.63, 3.8) is 0 Å². The minimum atomic E-state index is 0.231. The molecule has 0 saturated carbocycles. The summed E-state index contributed by atoms with van der Waals surface area (Å²) in [4.78, 5) is 0. The molecule has 0 aliphatic heterocycles. The molecular formula is C13H24N2. The average molecular weight is 208 g/mol. The van der Waals surface area contributed by atoms with E-state index in [1.54, 1.807) is 0 Å². The Morgan fingerprint density at radius 2 is 1.80 bits per heavy atom. The van der Waals surface area contributed by atoms with Crippen LogP contribution in [0.2, 0.25) is 0 Å². The first-order valence-corrected chi connectivity index (χ1v) is 5.68. The zero-order chi connectivity index (χ0) is 11.5. The number of unbranched alkanes of at least 4 members (excludes halogenated alkanes) is 1. The van der Waals surface area contributed by atoms with Crippen molar-refractivity contribution in [1.82, 2.24) is 0 Å². The topological polar surface area (TPSA) is 52.0 Å². The molecule has 0 aliphatic carbocycles. The minimum Gasteiger partial charge on any atom is -0.329 e. The Hall–Kier alpha value is -0.860. The van der Waals surface area contributed by atoms with Crippen molar-refractivity contribution in [3.05, 3.63) is 35.9 Å². The second-order valence-electron chi connectivity index (χ2n) is 3.79. The highest BCUT2D eigenvalue weighted by molar-refractivity contribution is 5.11. The van der Waals surface area contributed by atoms with Crippen LogP contribution in [-0.2, 0) is 0 Å². The van der Waals surface area contributed by atoms with Crippen molar-refractivity contribution in [2.24, 2.45) is 11.5 Å². The largest absolute Gasteiger partial charge is 0.329 e. The molecule has 2 nitrogen and oxygen atoms in total. The van der Waals surface area contributed by atoms with E-state index < -0.39 is 0 Å². The van der Waals surface area contributed by atoms with Crippen LogP contribution in [0.25, 0.3) is 0 Å². The lowest BCUT2D eigenvalue weighted by Crippen LogP contribution is -2.29. The van der Waals surface area contributed by atoms with Gasteiger partial charge < -0.3 is 11.5 Å². The third-order valence-electron chi connectivity index (χ3n) is 2.17. The molecule has 1 aromatic carbocycles. The molecule has 1 unspecified atom stereocenters. The van der Waals surface area contributed by atoms with Crippen LogP contribution in [-0.4, -0.2) is 12.6 Å². The van der Waals surface area contributed by atoms with Crippen LogP contribution in [0.15, 0.2) is 30.3 Å². The van der Waals surface area contributed by atoms with Crippen LogP contribution in [0.3, 0.4) is 0 Å². The number of rotatable bonds is 4. The van der Waals surface area contributed by atoms with Crippen molar-refractivity contribution in [1.29, 1.82) is 0 Å². The maximum absolute atomic E-state index is 5.53. The molecule has 1 aromatic rings.